The lowest BCUT2D eigenvalue weighted by Gasteiger charge is -2.18. The summed E-state index contributed by atoms with van der Waals surface area (Å²) in [6.45, 7) is 4.68. The van der Waals surface area contributed by atoms with E-state index in [1.165, 1.54) is 0 Å². The molecule has 1 unspecified atom stereocenters. The fourth-order valence-corrected chi connectivity index (χ4v) is 2.56. The third-order valence-electron chi connectivity index (χ3n) is 3.39. The minimum Gasteiger partial charge on any atom is -0.368 e. The van der Waals surface area contributed by atoms with E-state index in [-0.39, 0.29) is 17.2 Å². The van der Waals surface area contributed by atoms with Gasteiger partial charge in [0.15, 0.2) is 10.8 Å². The summed E-state index contributed by atoms with van der Waals surface area (Å²) in [4.78, 5) is 12.4. The summed E-state index contributed by atoms with van der Waals surface area (Å²) in [5.74, 6) is 0.118. The van der Waals surface area contributed by atoms with Crippen LogP contribution < -0.4 is 5.73 Å². The summed E-state index contributed by atoms with van der Waals surface area (Å²) in [5, 5.41) is 0.245. The summed E-state index contributed by atoms with van der Waals surface area (Å²) in [5.41, 5.74) is 7.86. The fourth-order valence-electron chi connectivity index (χ4n) is 2.34. The maximum absolute atomic E-state index is 6.06. The monoisotopic (exact) mass is 329 g/mol. The van der Waals surface area contributed by atoms with E-state index in [1.807, 2.05) is 34.9 Å². The molecule has 3 rings (SSSR count). The van der Waals surface area contributed by atoms with Gasteiger partial charge in [0, 0.05) is 0 Å². The second-order valence-corrected chi connectivity index (χ2v) is 5.32. The molecule has 1 aromatic carbocycles. The number of nitrogens with two attached hydrogens (primary N) is 1. The van der Waals surface area contributed by atoms with Crippen LogP contribution >= 0.6 is 11.6 Å². The molecule has 0 aliphatic rings. The molecule has 118 valence electrons. The average Bonchev–Trinajstić information content (AvgIpc) is 2.95. The van der Waals surface area contributed by atoms with E-state index in [0.29, 0.717) is 24.3 Å². The van der Waals surface area contributed by atoms with Crippen LogP contribution in [0.3, 0.4) is 0 Å². The number of hydrogen-bond donors (Lipinski definition) is 1. The summed E-state index contributed by atoms with van der Waals surface area (Å²) in [6.07, 6.45) is 3.22. The lowest BCUT2D eigenvalue weighted by atomic mass is 10.1. The van der Waals surface area contributed by atoms with Gasteiger partial charge in [-0.05, 0) is 5.56 Å². The molecular weight excluding hydrogens is 314 g/mol. The fraction of sp³-hybridized carbons (Fsp3) is 0.188. The number of rotatable bonds is 6. The number of aromatic nitrogens is 4. The first-order chi connectivity index (χ1) is 11.2. The van der Waals surface area contributed by atoms with Crippen LogP contribution in [0.4, 0.5) is 5.95 Å². The molecule has 0 aliphatic carbocycles. The Morgan fingerprint density at radius 2 is 2.09 bits per heavy atom. The molecule has 0 spiro atoms. The Bertz CT molecular complexity index is 818. The Labute approximate surface area is 138 Å². The third kappa shape index (κ3) is 3.33. The van der Waals surface area contributed by atoms with Crippen molar-refractivity contribution in [3.05, 3.63) is 60.0 Å². The van der Waals surface area contributed by atoms with Crippen molar-refractivity contribution in [1.29, 1.82) is 0 Å². The lowest BCUT2D eigenvalue weighted by molar-refractivity contribution is 0.0614. The smallest absolute Gasteiger partial charge is 0.223 e. The molecule has 6 nitrogen and oxygen atoms in total. The molecule has 7 heteroatoms. The second-order valence-electron chi connectivity index (χ2n) is 4.96. The number of fused-ring (bicyclic) bond motifs is 1. The predicted octanol–water partition coefficient (Wildman–Crippen LogP) is 3.01. The van der Waals surface area contributed by atoms with Crippen molar-refractivity contribution in [2.24, 2.45) is 0 Å². The topological polar surface area (TPSA) is 78.8 Å². The average molecular weight is 330 g/mol. The molecule has 0 amide bonds. The van der Waals surface area contributed by atoms with Crippen LogP contribution in [0.1, 0.15) is 11.7 Å². The van der Waals surface area contributed by atoms with Gasteiger partial charge >= 0.3 is 0 Å². The molecule has 2 heterocycles. The Balaban J connectivity index is 1.95. The van der Waals surface area contributed by atoms with E-state index in [9.17, 15) is 0 Å². The number of hydrogen-bond acceptors (Lipinski definition) is 5. The highest BCUT2D eigenvalue weighted by Gasteiger charge is 2.16. The number of nitrogens with zero attached hydrogens (tertiary/aromatic N) is 4. The van der Waals surface area contributed by atoms with Crippen LogP contribution in [0.5, 0.6) is 0 Å². The number of ether oxygens (including phenoxy) is 1. The van der Waals surface area contributed by atoms with Gasteiger partial charge in [0.2, 0.25) is 5.95 Å². The van der Waals surface area contributed by atoms with E-state index in [1.54, 1.807) is 12.4 Å². The summed E-state index contributed by atoms with van der Waals surface area (Å²) in [6, 6.07) is 9.95. The van der Waals surface area contributed by atoms with Gasteiger partial charge in [-0.2, -0.15) is 9.97 Å². The zero-order chi connectivity index (χ0) is 16.2. The molecule has 23 heavy (non-hydrogen) atoms. The van der Waals surface area contributed by atoms with Gasteiger partial charge in [0.25, 0.3) is 0 Å². The largest absolute Gasteiger partial charge is 0.368 e. The number of imidazole rings is 1. The SMILES string of the molecule is C=CCOC(Cn1cnc2c(Cl)nc(N)nc21)c1ccccc1. The molecule has 3 aromatic rings. The second kappa shape index (κ2) is 6.76. The Kier molecular flexibility index (Phi) is 4.55. The first-order valence-corrected chi connectivity index (χ1v) is 7.48. The summed E-state index contributed by atoms with van der Waals surface area (Å²) >= 11 is 6.06. The van der Waals surface area contributed by atoms with Gasteiger partial charge < -0.3 is 15.0 Å². The van der Waals surface area contributed by atoms with E-state index < -0.39 is 0 Å². The van der Waals surface area contributed by atoms with Gasteiger partial charge in [0.1, 0.15) is 11.6 Å². The normalized spacial score (nSPS) is 12.4. The van der Waals surface area contributed by atoms with E-state index in [4.69, 9.17) is 22.1 Å². The number of benzene rings is 1. The lowest BCUT2D eigenvalue weighted by Crippen LogP contribution is -2.13. The zero-order valence-corrected chi connectivity index (χ0v) is 13.1. The van der Waals surface area contributed by atoms with Crippen LogP contribution in [0.2, 0.25) is 5.15 Å². The standard InChI is InChI=1S/C16H16ClN5O/c1-2-8-23-12(11-6-4-3-5-7-11)9-22-10-19-13-14(17)20-16(18)21-15(13)22/h2-7,10,12H,1,8-9H2,(H2,18,20,21). The van der Waals surface area contributed by atoms with E-state index in [2.05, 4.69) is 21.5 Å². The van der Waals surface area contributed by atoms with Crippen LogP contribution in [0.15, 0.2) is 49.3 Å². The van der Waals surface area contributed by atoms with Crippen molar-refractivity contribution >= 4 is 28.7 Å². The Morgan fingerprint density at radius 3 is 2.83 bits per heavy atom. The van der Waals surface area contributed by atoms with Crippen molar-refractivity contribution in [1.82, 2.24) is 19.5 Å². The maximum atomic E-state index is 6.06. The molecule has 0 saturated carbocycles. The quantitative estimate of drug-likeness (QED) is 0.555. The van der Waals surface area contributed by atoms with Gasteiger partial charge in [0.05, 0.1) is 19.5 Å². The van der Waals surface area contributed by atoms with Crippen LogP contribution in [0, 0.1) is 0 Å². The number of nitrogen functional groups attached to an aromatic ring is 1. The van der Waals surface area contributed by atoms with Crippen LogP contribution in [-0.2, 0) is 11.3 Å². The first kappa shape index (κ1) is 15.5. The molecule has 2 N–H and O–H groups in total. The van der Waals surface area contributed by atoms with Gasteiger partial charge in [-0.15, -0.1) is 6.58 Å². The molecular formula is C16H16ClN5O. The van der Waals surface area contributed by atoms with E-state index in [0.717, 1.165) is 5.56 Å². The minimum atomic E-state index is -0.165. The Hall–Kier alpha value is -2.44. The number of halogens is 1. The highest BCUT2D eigenvalue weighted by Crippen LogP contribution is 2.24. The van der Waals surface area contributed by atoms with Gasteiger partial charge in [-0.1, -0.05) is 48.0 Å². The van der Waals surface area contributed by atoms with Crippen LogP contribution in [0.25, 0.3) is 11.2 Å². The van der Waals surface area contributed by atoms with Crippen LogP contribution in [-0.4, -0.2) is 26.1 Å². The zero-order valence-electron chi connectivity index (χ0n) is 12.4. The van der Waals surface area contributed by atoms with Gasteiger partial charge in [-0.25, -0.2) is 4.98 Å². The molecule has 0 radical (unpaired) electrons. The van der Waals surface area contributed by atoms with Crippen molar-refractivity contribution in [3.63, 3.8) is 0 Å². The maximum Gasteiger partial charge on any atom is 0.223 e. The van der Waals surface area contributed by atoms with Gasteiger partial charge in [-0.3, -0.25) is 0 Å². The predicted molar refractivity (Wildman–Crippen MR) is 90.1 cm³/mol. The summed E-state index contributed by atoms with van der Waals surface area (Å²) in [7, 11) is 0. The highest BCUT2D eigenvalue weighted by molar-refractivity contribution is 6.33. The summed E-state index contributed by atoms with van der Waals surface area (Å²) < 4.78 is 7.75. The third-order valence-corrected chi connectivity index (χ3v) is 3.65. The molecule has 2 aromatic heterocycles. The molecule has 0 aliphatic heterocycles. The molecule has 0 fully saturated rings. The van der Waals surface area contributed by atoms with Crippen molar-refractivity contribution in [2.45, 2.75) is 12.6 Å². The Morgan fingerprint density at radius 1 is 1.30 bits per heavy atom. The van der Waals surface area contributed by atoms with Crippen molar-refractivity contribution in [2.75, 3.05) is 12.3 Å². The molecule has 1 atom stereocenters. The first-order valence-electron chi connectivity index (χ1n) is 7.10. The minimum absolute atomic E-state index is 0.118. The molecule has 0 bridgehead atoms. The van der Waals surface area contributed by atoms with Crippen molar-refractivity contribution in [3.8, 4) is 0 Å². The highest BCUT2D eigenvalue weighted by atomic mass is 35.5. The molecule has 0 saturated heterocycles. The van der Waals surface area contributed by atoms with E-state index >= 15 is 0 Å². The number of anilines is 1. The van der Waals surface area contributed by atoms with Crippen molar-refractivity contribution < 1.29 is 4.74 Å².